The molecule has 4 nitrogen and oxygen atoms in total. The lowest BCUT2D eigenvalue weighted by Crippen LogP contribution is -2.08. The second-order valence-electron chi connectivity index (χ2n) is 4.67. The van der Waals surface area contributed by atoms with Gasteiger partial charge in [0.05, 0.1) is 12.3 Å². The van der Waals surface area contributed by atoms with Crippen molar-refractivity contribution in [3.63, 3.8) is 0 Å². The molecule has 0 saturated carbocycles. The molecule has 2 N–H and O–H groups in total. The molecule has 98 valence electrons. The van der Waals surface area contributed by atoms with Gasteiger partial charge in [-0.2, -0.15) is 0 Å². The zero-order valence-corrected chi connectivity index (χ0v) is 10.8. The van der Waals surface area contributed by atoms with Crippen LogP contribution in [0.3, 0.4) is 0 Å². The first-order valence-electron chi connectivity index (χ1n) is 6.65. The van der Waals surface area contributed by atoms with Crippen molar-refractivity contribution in [3.05, 3.63) is 41.9 Å². The lowest BCUT2D eigenvalue weighted by atomic mass is 10.0. The topological polar surface area (TPSA) is 61.0 Å². The van der Waals surface area contributed by atoms with E-state index in [1.54, 1.807) is 6.20 Å². The zero-order valence-electron chi connectivity index (χ0n) is 10.8. The molecule has 1 aliphatic heterocycles. The largest absolute Gasteiger partial charge is 0.493 e. The number of aromatic nitrogens is 2. The average Bonchev–Trinajstić information content (AvgIpc) is 2.47. The highest BCUT2D eigenvalue weighted by Gasteiger charge is 2.11. The minimum absolute atomic E-state index is 0.571. The van der Waals surface area contributed by atoms with E-state index < -0.39 is 0 Å². The molecule has 0 atom stereocenters. The summed E-state index contributed by atoms with van der Waals surface area (Å²) in [5.41, 5.74) is 8.88. The van der Waals surface area contributed by atoms with E-state index >= 15 is 0 Å². The van der Waals surface area contributed by atoms with Gasteiger partial charge in [-0.3, -0.25) is 0 Å². The fourth-order valence-corrected chi connectivity index (χ4v) is 2.33. The fraction of sp³-hybridized carbons (Fsp3) is 0.333. The summed E-state index contributed by atoms with van der Waals surface area (Å²) in [6.45, 7) is 1.39. The Morgan fingerprint density at radius 2 is 2.21 bits per heavy atom. The molecule has 19 heavy (non-hydrogen) atoms. The minimum Gasteiger partial charge on any atom is -0.493 e. The van der Waals surface area contributed by atoms with Crippen molar-refractivity contribution in [2.45, 2.75) is 19.3 Å². The van der Waals surface area contributed by atoms with Crippen molar-refractivity contribution >= 4 is 0 Å². The van der Waals surface area contributed by atoms with Gasteiger partial charge >= 0.3 is 0 Å². The maximum absolute atomic E-state index is 5.63. The van der Waals surface area contributed by atoms with Crippen LogP contribution < -0.4 is 10.5 Å². The lowest BCUT2D eigenvalue weighted by Gasteiger charge is -2.17. The van der Waals surface area contributed by atoms with Crippen molar-refractivity contribution < 1.29 is 4.74 Å². The molecule has 1 aliphatic rings. The molecule has 0 unspecified atom stereocenters. The maximum Gasteiger partial charge on any atom is 0.130 e. The van der Waals surface area contributed by atoms with Gasteiger partial charge in [0.15, 0.2) is 0 Å². The van der Waals surface area contributed by atoms with Crippen LogP contribution in [0.4, 0.5) is 0 Å². The molecule has 0 aliphatic carbocycles. The van der Waals surface area contributed by atoms with Gasteiger partial charge in [0.25, 0.3) is 0 Å². The van der Waals surface area contributed by atoms with E-state index in [1.807, 2.05) is 12.1 Å². The number of ether oxygens (including phenoxy) is 1. The molecule has 3 rings (SSSR count). The number of nitrogens with zero attached hydrogens (tertiary/aromatic N) is 2. The average molecular weight is 255 g/mol. The Bertz CT molecular complexity index is 583. The molecule has 1 aromatic carbocycles. The number of hydrogen-bond acceptors (Lipinski definition) is 4. The zero-order chi connectivity index (χ0) is 13.1. The first-order chi connectivity index (χ1) is 9.36. The van der Waals surface area contributed by atoms with Gasteiger partial charge in [-0.05, 0) is 49.2 Å². The van der Waals surface area contributed by atoms with Crippen molar-refractivity contribution in [3.8, 4) is 17.0 Å². The smallest absolute Gasteiger partial charge is 0.130 e. The number of nitrogens with two attached hydrogens (primary N) is 1. The van der Waals surface area contributed by atoms with Crippen molar-refractivity contribution in [1.82, 2.24) is 9.97 Å². The van der Waals surface area contributed by atoms with Crippen LogP contribution in [0.1, 0.15) is 17.8 Å². The first-order valence-corrected chi connectivity index (χ1v) is 6.65. The first kappa shape index (κ1) is 12.1. The third kappa shape index (κ3) is 2.58. The molecule has 0 spiro atoms. The van der Waals surface area contributed by atoms with Gasteiger partial charge in [-0.25, -0.2) is 9.97 Å². The molecule has 0 radical (unpaired) electrons. The molecular weight excluding hydrogens is 238 g/mol. The maximum atomic E-state index is 5.63. The van der Waals surface area contributed by atoms with E-state index in [9.17, 15) is 0 Å². The number of rotatable bonds is 3. The third-order valence-electron chi connectivity index (χ3n) is 3.28. The summed E-state index contributed by atoms with van der Waals surface area (Å²) < 4.78 is 5.63. The number of fused-ring (bicyclic) bond motifs is 1. The van der Waals surface area contributed by atoms with Crippen LogP contribution in [-0.4, -0.2) is 23.1 Å². The van der Waals surface area contributed by atoms with Gasteiger partial charge in [-0.15, -0.1) is 0 Å². The van der Waals surface area contributed by atoms with E-state index in [0.29, 0.717) is 13.0 Å². The third-order valence-corrected chi connectivity index (χ3v) is 3.28. The Balaban J connectivity index is 1.95. The predicted octanol–water partition coefficient (Wildman–Crippen LogP) is 1.97. The molecule has 0 amide bonds. The van der Waals surface area contributed by atoms with Gasteiger partial charge < -0.3 is 10.5 Å². The van der Waals surface area contributed by atoms with E-state index in [0.717, 1.165) is 42.3 Å². The van der Waals surface area contributed by atoms with Gasteiger partial charge in [-0.1, -0.05) is 0 Å². The summed E-state index contributed by atoms with van der Waals surface area (Å²) in [6.07, 6.45) is 4.66. The number of hydrogen-bond donors (Lipinski definition) is 1. The Morgan fingerprint density at radius 1 is 1.26 bits per heavy atom. The molecule has 0 bridgehead atoms. The molecule has 0 saturated heterocycles. The van der Waals surface area contributed by atoms with Crippen LogP contribution in [0.25, 0.3) is 11.3 Å². The molecule has 4 heteroatoms. The summed E-state index contributed by atoms with van der Waals surface area (Å²) in [5, 5.41) is 0. The van der Waals surface area contributed by atoms with Crippen LogP contribution in [0.5, 0.6) is 5.75 Å². The molecule has 2 heterocycles. The van der Waals surface area contributed by atoms with Crippen molar-refractivity contribution in [1.29, 1.82) is 0 Å². The minimum atomic E-state index is 0.571. The van der Waals surface area contributed by atoms with Crippen LogP contribution >= 0.6 is 0 Å². The van der Waals surface area contributed by atoms with E-state index in [2.05, 4.69) is 22.1 Å². The highest BCUT2D eigenvalue weighted by atomic mass is 16.5. The Hall–Kier alpha value is -1.94. The van der Waals surface area contributed by atoms with Crippen molar-refractivity contribution in [2.24, 2.45) is 5.73 Å². The molecule has 0 fully saturated rings. The van der Waals surface area contributed by atoms with Crippen LogP contribution in [0, 0.1) is 0 Å². The second-order valence-corrected chi connectivity index (χ2v) is 4.67. The SMILES string of the molecule is NCCc1nccc(-c2ccc3c(c2)CCCO3)n1. The van der Waals surface area contributed by atoms with Gasteiger partial charge in [0.1, 0.15) is 11.6 Å². The Labute approximate surface area is 112 Å². The quantitative estimate of drug-likeness (QED) is 0.911. The van der Waals surface area contributed by atoms with Crippen LogP contribution in [-0.2, 0) is 12.8 Å². The summed E-state index contributed by atoms with van der Waals surface area (Å²) in [6, 6.07) is 8.20. The second kappa shape index (κ2) is 5.36. The lowest BCUT2D eigenvalue weighted by molar-refractivity contribution is 0.288. The molecule has 1 aromatic heterocycles. The normalized spacial score (nSPS) is 13.7. The van der Waals surface area contributed by atoms with E-state index in [-0.39, 0.29) is 0 Å². The van der Waals surface area contributed by atoms with Gasteiger partial charge in [0, 0.05) is 18.2 Å². The van der Waals surface area contributed by atoms with Crippen LogP contribution in [0.2, 0.25) is 0 Å². The predicted molar refractivity (Wildman–Crippen MR) is 74.0 cm³/mol. The van der Waals surface area contributed by atoms with E-state index in [4.69, 9.17) is 10.5 Å². The number of benzene rings is 1. The van der Waals surface area contributed by atoms with Gasteiger partial charge in [0.2, 0.25) is 0 Å². The summed E-state index contributed by atoms with van der Waals surface area (Å²) in [7, 11) is 0. The van der Waals surface area contributed by atoms with Crippen molar-refractivity contribution in [2.75, 3.05) is 13.2 Å². The molecular formula is C15H17N3O. The summed E-state index contributed by atoms with van der Waals surface area (Å²) in [4.78, 5) is 8.78. The fourth-order valence-electron chi connectivity index (χ4n) is 2.33. The van der Waals surface area contributed by atoms with Crippen LogP contribution in [0.15, 0.2) is 30.5 Å². The number of aryl methyl sites for hydroxylation is 1. The monoisotopic (exact) mass is 255 g/mol. The molecule has 2 aromatic rings. The summed E-state index contributed by atoms with van der Waals surface area (Å²) >= 11 is 0. The highest BCUT2D eigenvalue weighted by molar-refractivity contribution is 5.62. The van der Waals surface area contributed by atoms with E-state index in [1.165, 1.54) is 5.56 Å². The summed E-state index contributed by atoms with van der Waals surface area (Å²) in [5.74, 6) is 1.81. The highest BCUT2D eigenvalue weighted by Crippen LogP contribution is 2.29. The Morgan fingerprint density at radius 3 is 3.11 bits per heavy atom. The Kier molecular flexibility index (Phi) is 3.42. The standard InChI is InChI=1S/C15H17N3O/c16-7-5-15-17-8-6-13(18-15)11-3-4-14-12(10-11)2-1-9-19-14/h3-4,6,8,10H,1-2,5,7,9,16H2.